The average Bonchev–Trinajstić information content (AvgIpc) is 2.45. The van der Waals surface area contributed by atoms with Crippen LogP contribution < -0.4 is 0 Å². The van der Waals surface area contributed by atoms with Gasteiger partial charge in [0.25, 0.3) is 0 Å². The molecule has 0 radical (unpaired) electrons. The summed E-state index contributed by atoms with van der Waals surface area (Å²) in [4.78, 5) is 0. The van der Waals surface area contributed by atoms with Gasteiger partial charge in [-0.25, -0.2) is 0 Å². The standard InChI is InChI=1S/C16H17IO/c1-2-11-18-16(12-7-4-3-5-8-12)13-9-6-10-14(16)15(13)17/h1,3-5,7-8,13-15H,6,9-11H2. The van der Waals surface area contributed by atoms with Gasteiger partial charge in [-0.05, 0) is 18.4 Å². The summed E-state index contributed by atoms with van der Waals surface area (Å²) in [7, 11) is 0. The van der Waals surface area contributed by atoms with Gasteiger partial charge in [-0.1, -0.05) is 65.3 Å². The van der Waals surface area contributed by atoms with Crippen molar-refractivity contribution in [2.24, 2.45) is 11.8 Å². The number of alkyl halides is 1. The van der Waals surface area contributed by atoms with Gasteiger partial charge in [0, 0.05) is 15.8 Å². The average molecular weight is 352 g/mol. The Bertz CT molecular complexity index is 450. The molecule has 2 heteroatoms. The van der Waals surface area contributed by atoms with Crippen LogP contribution >= 0.6 is 22.6 Å². The van der Waals surface area contributed by atoms with Gasteiger partial charge >= 0.3 is 0 Å². The van der Waals surface area contributed by atoms with E-state index in [4.69, 9.17) is 11.2 Å². The lowest BCUT2D eigenvalue weighted by molar-refractivity contribution is -0.204. The summed E-state index contributed by atoms with van der Waals surface area (Å²) in [6.45, 7) is 0.422. The third kappa shape index (κ3) is 1.64. The molecule has 0 aliphatic heterocycles. The zero-order chi connectivity index (χ0) is 12.6. The van der Waals surface area contributed by atoms with Crippen molar-refractivity contribution < 1.29 is 4.74 Å². The zero-order valence-corrected chi connectivity index (χ0v) is 12.5. The van der Waals surface area contributed by atoms with E-state index in [1.807, 2.05) is 0 Å². The van der Waals surface area contributed by atoms with Gasteiger partial charge < -0.3 is 4.74 Å². The first-order valence-electron chi connectivity index (χ1n) is 6.57. The van der Waals surface area contributed by atoms with E-state index < -0.39 is 0 Å². The van der Waals surface area contributed by atoms with Crippen LogP contribution in [0, 0.1) is 24.2 Å². The number of ether oxygens (including phenoxy) is 1. The van der Waals surface area contributed by atoms with Crippen LogP contribution in [0.25, 0.3) is 0 Å². The molecule has 94 valence electrons. The van der Waals surface area contributed by atoms with Crippen LogP contribution in [0.4, 0.5) is 0 Å². The van der Waals surface area contributed by atoms with Gasteiger partial charge in [-0.3, -0.25) is 0 Å². The van der Waals surface area contributed by atoms with Gasteiger partial charge in [0.2, 0.25) is 0 Å². The summed E-state index contributed by atoms with van der Waals surface area (Å²) < 4.78 is 6.94. The molecule has 0 aromatic heterocycles. The lowest BCUT2D eigenvalue weighted by atomic mass is 9.51. The lowest BCUT2D eigenvalue weighted by Crippen LogP contribution is -2.64. The van der Waals surface area contributed by atoms with Gasteiger partial charge in [-0.15, -0.1) is 6.42 Å². The molecule has 0 N–H and O–H groups in total. The summed E-state index contributed by atoms with van der Waals surface area (Å²) in [5, 5.41) is 0. The van der Waals surface area contributed by atoms with Crippen molar-refractivity contribution in [3.8, 4) is 12.3 Å². The molecule has 2 aliphatic carbocycles. The molecule has 2 bridgehead atoms. The topological polar surface area (TPSA) is 9.23 Å². The first-order chi connectivity index (χ1) is 8.80. The molecule has 2 saturated carbocycles. The molecule has 2 fully saturated rings. The molecule has 1 aromatic rings. The quantitative estimate of drug-likeness (QED) is 0.457. The molecule has 2 unspecified atom stereocenters. The third-order valence-corrected chi connectivity index (χ3v) is 6.26. The van der Waals surface area contributed by atoms with E-state index in [2.05, 4.69) is 58.8 Å². The molecule has 0 heterocycles. The van der Waals surface area contributed by atoms with Crippen molar-refractivity contribution in [2.75, 3.05) is 6.61 Å². The van der Waals surface area contributed by atoms with Crippen molar-refractivity contribution in [3.05, 3.63) is 35.9 Å². The molecule has 2 aliphatic rings. The second kappa shape index (κ2) is 4.86. The van der Waals surface area contributed by atoms with Gasteiger partial charge in [0.1, 0.15) is 12.2 Å². The van der Waals surface area contributed by atoms with Crippen LogP contribution in [-0.4, -0.2) is 10.5 Å². The lowest BCUT2D eigenvalue weighted by Gasteiger charge is -2.62. The zero-order valence-electron chi connectivity index (χ0n) is 10.3. The van der Waals surface area contributed by atoms with Crippen LogP contribution in [0.15, 0.2) is 30.3 Å². The molecule has 3 rings (SSSR count). The highest BCUT2D eigenvalue weighted by atomic mass is 127. The van der Waals surface area contributed by atoms with Crippen LogP contribution in [0.2, 0.25) is 0 Å². The van der Waals surface area contributed by atoms with Crippen molar-refractivity contribution >= 4 is 22.6 Å². The number of benzene rings is 1. The highest BCUT2D eigenvalue weighted by Gasteiger charge is 2.64. The monoisotopic (exact) mass is 352 g/mol. The number of terminal acetylenes is 1. The van der Waals surface area contributed by atoms with Crippen molar-refractivity contribution in [2.45, 2.75) is 28.8 Å². The Balaban J connectivity index is 1.99. The minimum absolute atomic E-state index is 0.0995. The predicted octanol–water partition coefficient (Wildman–Crippen LogP) is 3.77. The molecule has 18 heavy (non-hydrogen) atoms. The molecular weight excluding hydrogens is 335 g/mol. The molecule has 1 aromatic carbocycles. The summed E-state index contributed by atoms with van der Waals surface area (Å²) in [5.74, 6) is 3.90. The van der Waals surface area contributed by atoms with Gasteiger partial charge in [0.05, 0.1) is 0 Å². The number of hydrogen-bond donors (Lipinski definition) is 0. The van der Waals surface area contributed by atoms with E-state index in [1.54, 1.807) is 0 Å². The minimum Gasteiger partial charge on any atom is -0.357 e. The van der Waals surface area contributed by atoms with Crippen LogP contribution in [0.3, 0.4) is 0 Å². The molecular formula is C16H17IO. The molecule has 1 nitrogen and oxygen atoms in total. The second-order valence-electron chi connectivity index (χ2n) is 5.24. The smallest absolute Gasteiger partial charge is 0.108 e. The number of hydrogen-bond acceptors (Lipinski definition) is 1. The Morgan fingerprint density at radius 2 is 1.94 bits per heavy atom. The first-order valence-corrected chi connectivity index (χ1v) is 7.82. The second-order valence-corrected chi connectivity index (χ2v) is 6.68. The third-order valence-electron chi connectivity index (χ3n) is 4.52. The van der Waals surface area contributed by atoms with Crippen molar-refractivity contribution in [1.29, 1.82) is 0 Å². The van der Waals surface area contributed by atoms with E-state index in [0.717, 1.165) is 3.92 Å². The van der Waals surface area contributed by atoms with E-state index in [9.17, 15) is 0 Å². The number of fused-ring (bicyclic) bond motifs is 2. The fourth-order valence-corrected chi connectivity index (χ4v) is 5.59. The van der Waals surface area contributed by atoms with E-state index in [0.29, 0.717) is 18.4 Å². The van der Waals surface area contributed by atoms with E-state index >= 15 is 0 Å². The SMILES string of the molecule is C#CCOC1(c2ccccc2)C2CCCC1C2I. The van der Waals surface area contributed by atoms with Crippen molar-refractivity contribution in [3.63, 3.8) is 0 Å². The first kappa shape index (κ1) is 12.5. The van der Waals surface area contributed by atoms with Gasteiger partial charge in [0.15, 0.2) is 0 Å². The summed E-state index contributed by atoms with van der Waals surface area (Å²) in [5.41, 5.74) is 1.22. The van der Waals surface area contributed by atoms with Crippen molar-refractivity contribution in [1.82, 2.24) is 0 Å². The molecule has 0 saturated heterocycles. The maximum absolute atomic E-state index is 6.20. The number of rotatable bonds is 3. The summed E-state index contributed by atoms with van der Waals surface area (Å²) >= 11 is 2.60. The van der Waals surface area contributed by atoms with Crippen LogP contribution in [0.5, 0.6) is 0 Å². The fourth-order valence-electron chi connectivity index (χ4n) is 3.80. The normalized spacial score (nSPS) is 37.7. The predicted molar refractivity (Wildman–Crippen MR) is 81.5 cm³/mol. The highest BCUT2D eigenvalue weighted by Crippen LogP contribution is 2.63. The largest absolute Gasteiger partial charge is 0.357 e. The maximum Gasteiger partial charge on any atom is 0.108 e. The Kier molecular flexibility index (Phi) is 3.38. The Hall–Kier alpha value is -0.530. The Morgan fingerprint density at radius 1 is 1.28 bits per heavy atom. The summed E-state index contributed by atoms with van der Waals surface area (Å²) in [6, 6.07) is 10.7. The van der Waals surface area contributed by atoms with Crippen LogP contribution in [0.1, 0.15) is 24.8 Å². The van der Waals surface area contributed by atoms with E-state index in [1.165, 1.54) is 24.8 Å². The molecule has 0 spiro atoms. The Labute approximate surface area is 122 Å². The fraction of sp³-hybridized carbons (Fsp3) is 0.500. The molecule has 2 atom stereocenters. The van der Waals surface area contributed by atoms with Crippen LogP contribution in [-0.2, 0) is 10.3 Å². The maximum atomic E-state index is 6.20. The summed E-state index contributed by atoms with van der Waals surface area (Å²) in [6.07, 6.45) is 9.27. The molecule has 0 amide bonds. The highest BCUT2D eigenvalue weighted by molar-refractivity contribution is 14.1. The number of halogens is 1. The minimum atomic E-state index is -0.0995. The van der Waals surface area contributed by atoms with Gasteiger partial charge in [-0.2, -0.15) is 0 Å². The Morgan fingerprint density at radius 3 is 2.50 bits per heavy atom. The van der Waals surface area contributed by atoms with E-state index in [-0.39, 0.29) is 5.60 Å².